The summed E-state index contributed by atoms with van der Waals surface area (Å²) in [7, 11) is 0. The summed E-state index contributed by atoms with van der Waals surface area (Å²) in [5, 5.41) is 5.97. The number of hydrogen-bond donors (Lipinski definition) is 2. The molecule has 0 atom stereocenters. The number of anilines is 1. The van der Waals surface area contributed by atoms with Crippen molar-refractivity contribution in [3.8, 4) is 0 Å². The average molecular weight is 441 g/mol. The maximum absolute atomic E-state index is 12.9. The molecule has 4 aromatic rings. The van der Waals surface area contributed by atoms with Crippen molar-refractivity contribution >= 4 is 28.5 Å². The minimum absolute atomic E-state index is 0.116. The second kappa shape index (κ2) is 9.69. The molecule has 6 nitrogen and oxygen atoms in total. The number of fused-ring (bicyclic) bond motifs is 1. The highest BCUT2D eigenvalue weighted by Crippen LogP contribution is 2.19. The van der Waals surface area contributed by atoms with E-state index in [0.29, 0.717) is 18.5 Å². The summed E-state index contributed by atoms with van der Waals surface area (Å²) in [4.78, 5) is 30.1. The fourth-order valence-electron chi connectivity index (χ4n) is 3.96. The van der Waals surface area contributed by atoms with E-state index >= 15 is 0 Å². The lowest BCUT2D eigenvalue weighted by Crippen LogP contribution is -2.27. The van der Waals surface area contributed by atoms with Gasteiger partial charge in [0.1, 0.15) is 12.4 Å². The van der Waals surface area contributed by atoms with Gasteiger partial charge in [-0.25, -0.2) is 4.98 Å². The van der Waals surface area contributed by atoms with E-state index in [9.17, 15) is 9.59 Å². The Kier molecular flexibility index (Phi) is 6.54. The molecule has 0 radical (unpaired) electrons. The molecule has 0 aliphatic rings. The van der Waals surface area contributed by atoms with Crippen molar-refractivity contribution in [2.24, 2.45) is 0 Å². The van der Waals surface area contributed by atoms with Gasteiger partial charge in [0.25, 0.3) is 5.91 Å². The van der Waals surface area contributed by atoms with Crippen molar-refractivity contribution < 1.29 is 9.59 Å². The lowest BCUT2D eigenvalue weighted by atomic mass is 10.1. The molecular formula is C27H28N4O2. The monoisotopic (exact) mass is 440 g/mol. The molecule has 0 bridgehead atoms. The normalized spacial score (nSPS) is 10.9. The Bertz CT molecular complexity index is 1320. The summed E-state index contributed by atoms with van der Waals surface area (Å²) in [5.74, 6) is 0.528. The molecule has 168 valence electrons. The third-order valence-electron chi connectivity index (χ3n) is 5.61. The molecule has 1 heterocycles. The first-order valence-electron chi connectivity index (χ1n) is 11.1. The number of hydrogen-bond acceptors (Lipinski definition) is 3. The zero-order chi connectivity index (χ0) is 23.4. The Morgan fingerprint density at radius 2 is 1.70 bits per heavy atom. The number of aryl methyl sites for hydroxylation is 3. The minimum Gasteiger partial charge on any atom is -0.352 e. The smallest absolute Gasteiger partial charge is 0.251 e. The number of carbonyl (C=O) groups excluding carboxylic acids is 2. The topological polar surface area (TPSA) is 76.0 Å². The molecule has 6 heteroatoms. The number of imidazole rings is 1. The van der Waals surface area contributed by atoms with E-state index < -0.39 is 0 Å². The van der Waals surface area contributed by atoms with Gasteiger partial charge in [-0.1, -0.05) is 47.5 Å². The maximum Gasteiger partial charge on any atom is 0.251 e. The molecule has 0 unspecified atom stereocenters. The Labute approximate surface area is 193 Å². The van der Waals surface area contributed by atoms with E-state index in [0.717, 1.165) is 39.2 Å². The SMILES string of the molecule is Cc1cccc(C(=O)NCCc2nc3ccccc3n2CC(=O)Nc2ccc(C)cc2C)c1. The lowest BCUT2D eigenvalue weighted by molar-refractivity contribution is -0.116. The highest BCUT2D eigenvalue weighted by atomic mass is 16.2. The predicted octanol–water partition coefficient (Wildman–Crippen LogP) is 4.57. The number of rotatable bonds is 7. The molecule has 4 rings (SSSR count). The van der Waals surface area contributed by atoms with E-state index in [4.69, 9.17) is 4.98 Å². The molecule has 2 amide bonds. The quantitative estimate of drug-likeness (QED) is 0.442. The van der Waals surface area contributed by atoms with Crippen LogP contribution in [0.5, 0.6) is 0 Å². The van der Waals surface area contributed by atoms with Crippen LogP contribution in [0.3, 0.4) is 0 Å². The minimum atomic E-state index is -0.117. The van der Waals surface area contributed by atoms with Crippen molar-refractivity contribution in [2.75, 3.05) is 11.9 Å². The number of para-hydroxylation sites is 2. The fraction of sp³-hybridized carbons (Fsp3) is 0.222. The molecule has 0 fully saturated rings. The largest absolute Gasteiger partial charge is 0.352 e. The third kappa shape index (κ3) is 5.29. The summed E-state index contributed by atoms with van der Waals surface area (Å²) in [6, 6.07) is 21.2. The highest BCUT2D eigenvalue weighted by molar-refractivity contribution is 5.94. The Balaban J connectivity index is 1.48. The molecule has 0 aliphatic heterocycles. The summed E-state index contributed by atoms with van der Waals surface area (Å²) < 4.78 is 1.92. The predicted molar refractivity (Wildman–Crippen MR) is 131 cm³/mol. The van der Waals surface area contributed by atoms with Gasteiger partial charge in [0, 0.05) is 24.2 Å². The van der Waals surface area contributed by atoms with Crippen molar-refractivity contribution in [1.82, 2.24) is 14.9 Å². The van der Waals surface area contributed by atoms with Crippen LogP contribution in [-0.2, 0) is 17.8 Å². The Morgan fingerprint density at radius 1 is 0.909 bits per heavy atom. The van der Waals surface area contributed by atoms with Crippen LogP contribution in [-0.4, -0.2) is 27.9 Å². The number of carbonyl (C=O) groups is 2. The third-order valence-corrected chi connectivity index (χ3v) is 5.61. The van der Waals surface area contributed by atoms with E-state index in [2.05, 4.69) is 10.6 Å². The van der Waals surface area contributed by atoms with Gasteiger partial charge in [-0.2, -0.15) is 0 Å². The van der Waals surface area contributed by atoms with Gasteiger partial charge >= 0.3 is 0 Å². The molecule has 33 heavy (non-hydrogen) atoms. The van der Waals surface area contributed by atoms with Crippen LogP contribution in [0, 0.1) is 20.8 Å². The van der Waals surface area contributed by atoms with Crippen LogP contribution in [0.25, 0.3) is 11.0 Å². The Morgan fingerprint density at radius 3 is 2.48 bits per heavy atom. The first kappa shape index (κ1) is 22.3. The van der Waals surface area contributed by atoms with Crippen LogP contribution in [0.15, 0.2) is 66.7 Å². The molecule has 2 N–H and O–H groups in total. The summed E-state index contributed by atoms with van der Waals surface area (Å²) in [6.45, 7) is 6.55. The van der Waals surface area contributed by atoms with Gasteiger partial charge in [0.05, 0.1) is 11.0 Å². The van der Waals surface area contributed by atoms with E-state index in [-0.39, 0.29) is 18.4 Å². The lowest BCUT2D eigenvalue weighted by Gasteiger charge is -2.12. The highest BCUT2D eigenvalue weighted by Gasteiger charge is 2.15. The maximum atomic E-state index is 12.9. The van der Waals surface area contributed by atoms with Gasteiger partial charge in [0.15, 0.2) is 0 Å². The molecule has 0 saturated heterocycles. The molecule has 0 aliphatic carbocycles. The number of aromatic nitrogens is 2. The van der Waals surface area contributed by atoms with E-state index in [1.54, 1.807) is 6.07 Å². The van der Waals surface area contributed by atoms with E-state index in [1.165, 1.54) is 0 Å². The van der Waals surface area contributed by atoms with Gasteiger partial charge in [-0.05, 0) is 56.7 Å². The number of nitrogens with zero attached hydrogens (tertiary/aromatic N) is 2. The van der Waals surface area contributed by atoms with Crippen molar-refractivity contribution in [3.63, 3.8) is 0 Å². The van der Waals surface area contributed by atoms with Crippen molar-refractivity contribution in [1.29, 1.82) is 0 Å². The van der Waals surface area contributed by atoms with Gasteiger partial charge < -0.3 is 15.2 Å². The van der Waals surface area contributed by atoms with Crippen LogP contribution >= 0.6 is 0 Å². The number of amides is 2. The fourth-order valence-corrected chi connectivity index (χ4v) is 3.96. The zero-order valence-corrected chi connectivity index (χ0v) is 19.2. The van der Waals surface area contributed by atoms with Gasteiger partial charge in [-0.15, -0.1) is 0 Å². The zero-order valence-electron chi connectivity index (χ0n) is 19.2. The van der Waals surface area contributed by atoms with Crippen LogP contribution in [0.2, 0.25) is 0 Å². The van der Waals surface area contributed by atoms with Crippen molar-refractivity contribution in [3.05, 3.63) is 94.8 Å². The molecular weight excluding hydrogens is 412 g/mol. The Hall–Kier alpha value is -3.93. The standard InChI is InChI=1S/C27H28N4O2/c1-18-7-6-8-21(16-18)27(33)28-14-13-25-29-23-9-4-5-10-24(23)31(25)17-26(32)30-22-12-11-19(2)15-20(22)3/h4-12,15-16H,13-14,17H2,1-3H3,(H,28,33)(H,30,32). The molecule has 0 saturated carbocycles. The van der Waals surface area contributed by atoms with Crippen molar-refractivity contribution in [2.45, 2.75) is 33.7 Å². The summed E-state index contributed by atoms with van der Waals surface area (Å²) in [5.41, 5.74) is 6.39. The molecule has 1 aromatic heterocycles. The van der Waals surface area contributed by atoms with Crippen LogP contribution in [0.4, 0.5) is 5.69 Å². The molecule has 3 aromatic carbocycles. The summed E-state index contributed by atoms with van der Waals surface area (Å²) in [6.07, 6.45) is 0.517. The van der Waals surface area contributed by atoms with Crippen LogP contribution < -0.4 is 10.6 Å². The average Bonchev–Trinajstić information content (AvgIpc) is 3.13. The van der Waals surface area contributed by atoms with Crippen LogP contribution in [0.1, 0.15) is 32.9 Å². The number of nitrogens with one attached hydrogen (secondary N) is 2. The summed E-state index contributed by atoms with van der Waals surface area (Å²) >= 11 is 0. The first-order valence-corrected chi connectivity index (χ1v) is 11.1. The van der Waals surface area contributed by atoms with E-state index in [1.807, 2.05) is 86.0 Å². The second-order valence-corrected chi connectivity index (χ2v) is 8.34. The second-order valence-electron chi connectivity index (χ2n) is 8.34. The first-order chi connectivity index (χ1) is 15.9. The van der Waals surface area contributed by atoms with Gasteiger partial charge in [-0.3, -0.25) is 9.59 Å². The van der Waals surface area contributed by atoms with Gasteiger partial charge in [0.2, 0.25) is 5.91 Å². The molecule has 0 spiro atoms. The number of benzene rings is 3.